The molecule has 0 bridgehead atoms. The number of rotatable bonds is 1. The number of thioether (sulfide) groups is 1. The lowest BCUT2D eigenvalue weighted by atomic mass is 9.94. The Morgan fingerprint density at radius 3 is 2.62 bits per heavy atom. The smallest absolute Gasteiger partial charge is 0.0136 e. The first-order chi connectivity index (χ1) is 6.36. The maximum Gasteiger partial charge on any atom is 0.0136 e. The van der Waals surface area contributed by atoms with Gasteiger partial charge in [0.2, 0.25) is 0 Å². The van der Waals surface area contributed by atoms with Crippen LogP contribution in [0.25, 0.3) is 0 Å². The Hall–Kier alpha value is -0.470. The molecule has 1 aliphatic rings. The summed E-state index contributed by atoms with van der Waals surface area (Å²) in [5, 5.41) is 0. The minimum atomic E-state index is 0.393. The second-order valence-electron chi connectivity index (χ2n) is 3.64. The number of hydrogen-bond acceptors (Lipinski definition) is 2. The molecule has 1 fully saturated rings. The van der Waals surface area contributed by atoms with E-state index in [0.29, 0.717) is 12.0 Å². The van der Waals surface area contributed by atoms with Gasteiger partial charge in [0.15, 0.2) is 0 Å². The fourth-order valence-corrected chi connectivity index (χ4v) is 3.01. The minimum absolute atomic E-state index is 0.393. The van der Waals surface area contributed by atoms with Crippen molar-refractivity contribution >= 4 is 11.8 Å². The standard InChI is InChI=1S/C11H15NS/c12-11-6-10(7-13-8-11)9-4-2-1-3-5-9/h1-5,10-11H,6-8,12H2. The van der Waals surface area contributed by atoms with E-state index in [9.17, 15) is 0 Å². The second-order valence-corrected chi connectivity index (χ2v) is 4.72. The van der Waals surface area contributed by atoms with Crippen LogP contribution in [0.4, 0.5) is 0 Å². The molecule has 70 valence electrons. The summed E-state index contributed by atoms with van der Waals surface area (Å²) < 4.78 is 0. The molecule has 2 rings (SSSR count). The highest BCUT2D eigenvalue weighted by molar-refractivity contribution is 7.99. The summed E-state index contributed by atoms with van der Waals surface area (Å²) in [6.45, 7) is 0. The highest BCUT2D eigenvalue weighted by atomic mass is 32.2. The topological polar surface area (TPSA) is 26.0 Å². The van der Waals surface area contributed by atoms with Gasteiger partial charge >= 0.3 is 0 Å². The zero-order chi connectivity index (χ0) is 9.10. The minimum Gasteiger partial charge on any atom is -0.327 e. The summed E-state index contributed by atoms with van der Waals surface area (Å²) in [6.07, 6.45) is 1.15. The van der Waals surface area contributed by atoms with E-state index in [1.165, 1.54) is 11.3 Å². The Balaban J connectivity index is 2.08. The monoisotopic (exact) mass is 193 g/mol. The zero-order valence-corrected chi connectivity index (χ0v) is 8.46. The summed E-state index contributed by atoms with van der Waals surface area (Å²) in [5.41, 5.74) is 7.39. The average Bonchev–Trinajstić information content (AvgIpc) is 2.19. The molecular formula is C11H15NS. The van der Waals surface area contributed by atoms with Crippen LogP contribution in [0.1, 0.15) is 17.9 Å². The summed E-state index contributed by atoms with van der Waals surface area (Å²) in [7, 11) is 0. The van der Waals surface area contributed by atoms with E-state index in [2.05, 4.69) is 30.3 Å². The maximum atomic E-state index is 5.94. The Kier molecular flexibility index (Phi) is 2.91. The Morgan fingerprint density at radius 2 is 1.92 bits per heavy atom. The molecule has 1 aromatic rings. The van der Waals surface area contributed by atoms with Gasteiger partial charge in [-0.25, -0.2) is 0 Å². The van der Waals surface area contributed by atoms with Crippen molar-refractivity contribution in [1.82, 2.24) is 0 Å². The van der Waals surface area contributed by atoms with Gasteiger partial charge in [-0.05, 0) is 17.9 Å². The highest BCUT2D eigenvalue weighted by Gasteiger charge is 2.20. The van der Waals surface area contributed by atoms with Gasteiger partial charge < -0.3 is 5.73 Å². The molecule has 2 atom stereocenters. The summed E-state index contributed by atoms with van der Waals surface area (Å²) in [6, 6.07) is 11.1. The molecule has 1 saturated heterocycles. The van der Waals surface area contributed by atoms with Crippen molar-refractivity contribution in [3.05, 3.63) is 35.9 Å². The van der Waals surface area contributed by atoms with E-state index in [1.807, 2.05) is 11.8 Å². The summed E-state index contributed by atoms with van der Waals surface area (Å²) >= 11 is 1.98. The van der Waals surface area contributed by atoms with Crippen LogP contribution in [0.15, 0.2) is 30.3 Å². The van der Waals surface area contributed by atoms with Gasteiger partial charge in [0.25, 0.3) is 0 Å². The molecule has 0 aliphatic carbocycles. The lowest BCUT2D eigenvalue weighted by Crippen LogP contribution is -2.30. The van der Waals surface area contributed by atoms with Crippen molar-refractivity contribution in [1.29, 1.82) is 0 Å². The first kappa shape index (κ1) is 9.10. The summed E-state index contributed by atoms with van der Waals surface area (Å²) in [4.78, 5) is 0. The van der Waals surface area contributed by atoms with Gasteiger partial charge in [-0.3, -0.25) is 0 Å². The van der Waals surface area contributed by atoms with Crippen molar-refractivity contribution in [2.24, 2.45) is 5.73 Å². The predicted octanol–water partition coefficient (Wildman–Crippen LogP) is 2.23. The van der Waals surface area contributed by atoms with Gasteiger partial charge in [0, 0.05) is 17.5 Å². The average molecular weight is 193 g/mol. The first-order valence-corrected chi connectivity index (χ1v) is 5.90. The second kappa shape index (κ2) is 4.16. The van der Waals surface area contributed by atoms with Crippen molar-refractivity contribution in [3.63, 3.8) is 0 Å². The molecule has 2 unspecified atom stereocenters. The number of benzene rings is 1. The van der Waals surface area contributed by atoms with Crippen molar-refractivity contribution in [3.8, 4) is 0 Å². The van der Waals surface area contributed by atoms with E-state index in [0.717, 1.165) is 12.2 Å². The molecule has 1 heterocycles. The van der Waals surface area contributed by atoms with Gasteiger partial charge in [-0.2, -0.15) is 11.8 Å². The SMILES string of the molecule is NC1CSCC(c2ccccc2)C1. The van der Waals surface area contributed by atoms with Crippen LogP contribution in [-0.4, -0.2) is 17.5 Å². The first-order valence-electron chi connectivity index (χ1n) is 4.74. The van der Waals surface area contributed by atoms with Crippen LogP contribution in [0.3, 0.4) is 0 Å². The van der Waals surface area contributed by atoms with Crippen molar-refractivity contribution < 1.29 is 0 Å². The Morgan fingerprint density at radius 1 is 1.15 bits per heavy atom. The van der Waals surface area contributed by atoms with Gasteiger partial charge in [-0.15, -0.1) is 0 Å². The summed E-state index contributed by atoms with van der Waals surface area (Å²) in [5.74, 6) is 3.04. The molecule has 2 heteroatoms. The van der Waals surface area contributed by atoms with E-state index >= 15 is 0 Å². The third-order valence-corrected chi connectivity index (χ3v) is 3.81. The molecular weight excluding hydrogens is 178 g/mol. The quantitative estimate of drug-likeness (QED) is 0.740. The molecule has 0 spiro atoms. The van der Waals surface area contributed by atoms with E-state index in [-0.39, 0.29) is 0 Å². The van der Waals surface area contributed by atoms with Gasteiger partial charge in [0.1, 0.15) is 0 Å². The van der Waals surface area contributed by atoms with E-state index in [1.54, 1.807) is 0 Å². The lowest BCUT2D eigenvalue weighted by Gasteiger charge is -2.26. The molecule has 0 radical (unpaired) electrons. The normalized spacial score (nSPS) is 28.7. The van der Waals surface area contributed by atoms with Crippen molar-refractivity contribution in [2.75, 3.05) is 11.5 Å². The number of hydrogen-bond donors (Lipinski definition) is 1. The molecule has 2 N–H and O–H groups in total. The van der Waals surface area contributed by atoms with E-state index < -0.39 is 0 Å². The van der Waals surface area contributed by atoms with Crippen LogP contribution in [0.2, 0.25) is 0 Å². The van der Waals surface area contributed by atoms with Crippen molar-refractivity contribution in [2.45, 2.75) is 18.4 Å². The molecule has 1 aliphatic heterocycles. The van der Waals surface area contributed by atoms with Crippen LogP contribution < -0.4 is 5.73 Å². The lowest BCUT2D eigenvalue weighted by molar-refractivity contribution is 0.581. The number of nitrogens with two attached hydrogens (primary N) is 1. The third kappa shape index (κ3) is 2.26. The fourth-order valence-electron chi connectivity index (χ4n) is 1.82. The highest BCUT2D eigenvalue weighted by Crippen LogP contribution is 2.30. The zero-order valence-electron chi connectivity index (χ0n) is 7.65. The molecule has 1 aromatic carbocycles. The maximum absolute atomic E-state index is 5.94. The fraction of sp³-hybridized carbons (Fsp3) is 0.455. The largest absolute Gasteiger partial charge is 0.327 e. The van der Waals surface area contributed by atoms with Gasteiger partial charge in [-0.1, -0.05) is 30.3 Å². The van der Waals surface area contributed by atoms with E-state index in [4.69, 9.17) is 5.73 Å². The molecule has 1 nitrogen and oxygen atoms in total. The Bertz CT molecular complexity index is 260. The third-order valence-electron chi connectivity index (χ3n) is 2.51. The van der Waals surface area contributed by atoms with Gasteiger partial charge in [0.05, 0.1) is 0 Å². The Labute approximate surface area is 83.7 Å². The predicted molar refractivity (Wildman–Crippen MR) is 59.1 cm³/mol. The molecule has 13 heavy (non-hydrogen) atoms. The molecule has 0 amide bonds. The molecule has 0 aromatic heterocycles. The van der Waals surface area contributed by atoms with Crippen LogP contribution in [0, 0.1) is 0 Å². The van der Waals surface area contributed by atoms with Crippen LogP contribution in [-0.2, 0) is 0 Å². The molecule has 0 saturated carbocycles. The van der Waals surface area contributed by atoms with Crippen LogP contribution in [0.5, 0.6) is 0 Å². The van der Waals surface area contributed by atoms with Crippen LogP contribution >= 0.6 is 11.8 Å².